The van der Waals surface area contributed by atoms with E-state index in [2.05, 4.69) is 28.5 Å². The molecular formula is C19H17N3O2. The summed E-state index contributed by atoms with van der Waals surface area (Å²) in [6.07, 6.45) is 8.32. The van der Waals surface area contributed by atoms with Crippen LogP contribution in [0.4, 0.5) is 5.69 Å². The molecule has 1 atom stereocenters. The third kappa shape index (κ3) is 3.79. The van der Waals surface area contributed by atoms with E-state index in [0.29, 0.717) is 22.9 Å². The standard InChI is InChI=1S/C19H17N3O2/c20-12-15-8-4-5-9-17(15)24-18-11-10-16(13-21-18)22-19(23)14-6-2-1-3-7-14/h1-2,4-5,8-11,13-14H,3,6-7H2,(H,22,23). The first kappa shape index (κ1) is 15.8. The van der Waals surface area contributed by atoms with Crippen molar-refractivity contribution in [1.29, 1.82) is 5.26 Å². The van der Waals surface area contributed by atoms with Crippen LogP contribution in [0.25, 0.3) is 0 Å². The van der Waals surface area contributed by atoms with Crippen molar-refractivity contribution in [2.75, 3.05) is 5.32 Å². The van der Waals surface area contributed by atoms with E-state index >= 15 is 0 Å². The fraction of sp³-hybridized carbons (Fsp3) is 0.211. The van der Waals surface area contributed by atoms with Crippen LogP contribution in [0.1, 0.15) is 24.8 Å². The normalized spacial score (nSPS) is 16.2. The number of nitrogens with one attached hydrogen (secondary N) is 1. The highest BCUT2D eigenvalue weighted by molar-refractivity contribution is 5.92. The minimum atomic E-state index is 0.0182. The lowest BCUT2D eigenvalue weighted by molar-refractivity contribution is -0.120. The number of pyridine rings is 1. The van der Waals surface area contributed by atoms with Crippen molar-refractivity contribution < 1.29 is 9.53 Å². The lowest BCUT2D eigenvalue weighted by Gasteiger charge is -2.17. The molecule has 24 heavy (non-hydrogen) atoms. The quantitative estimate of drug-likeness (QED) is 0.863. The lowest BCUT2D eigenvalue weighted by Crippen LogP contribution is -2.23. The van der Waals surface area contributed by atoms with E-state index < -0.39 is 0 Å². The summed E-state index contributed by atoms with van der Waals surface area (Å²) in [5.41, 5.74) is 1.08. The lowest BCUT2D eigenvalue weighted by atomic mass is 9.93. The number of carbonyl (C=O) groups is 1. The molecule has 1 aromatic heterocycles. The van der Waals surface area contributed by atoms with E-state index in [-0.39, 0.29) is 11.8 Å². The third-order valence-corrected chi connectivity index (χ3v) is 3.87. The van der Waals surface area contributed by atoms with Crippen LogP contribution in [0, 0.1) is 17.2 Å². The first-order valence-corrected chi connectivity index (χ1v) is 7.85. The predicted octanol–water partition coefficient (Wildman–Crippen LogP) is 4.04. The van der Waals surface area contributed by atoms with Gasteiger partial charge < -0.3 is 10.1 Å². The molecule has 5 nitrogen and oxygen atoms in total. The van der Waals surface area contributed by atoms with Gasteiger partial charge in [0.05, 0.1) is 17.4 Å². The summed E-state index contributed by atoms with van der Waals surface area (Å²) in [4.78, 5) is 16.4. The Morgan fingerprint density at radius 1 is 1.25 bits per heavy atom. The van der Waals surface area contributed by atoms with E-state index in [1.54, 1.807) is 42.6 Å². The molecule has 3 rings (SSSR count). The molecule has 0 bridgehead atoms. The van der Waals surface area contributed by atoms with Gasteiger partial charge in [0.2, 0.25) is 11.8 Å². The van der Waals surface area contributed by atoms with Gasteiger partial charge in [-0.3, -0.25) is 4.79 Å². The van der Waals surface area contributed by atoms with Gasteiger partial charge in [0.1, 0.15) is 11.8 Å². The number of amides is 1. The minimum Gasteiger partial charge on any atom is -0.438 e. The number of anilines is 1. The van der Waals surface area contributed by atoms with Crippen molar-refractivity contribution in [3.63, 3.8) is 0 Å². The van der Waals surface area contributed by atoms with Crippen molar-refractivity contribution in [1.82, 2.24) is 4.98 Å². The second kappa shape index (κ2) is 7.42. The van der Waals surface area contributed by atoms with Gasteiger partial charge >= 0.3 is 0 Å². The Morgan fingerprint density at radius 2 is 2.12 bits per heavy atom. The Kier molecular flexibility index (Phi) is 4.87. The van der Waals surface area contributed by atoms with Crippen molar-refractivity contribution >= 4 is 11.6 Å². The van der Waals surface area contributed by atoms with Gasteiger partial charge in [-0.15, -0.1) is 0 Å². The SMILES string of the molecule is N#Cc1ccccc1Oc1ccc(NC(=O)C2CC=CCC2)cn1. The Morgan fingerprint density at radius 3 is 2.83 bits per heavy atom. The summed E-state index contributed by atoms with van der Waals surface area (Å²) in [7, 11) is 0. The molecule has 120 valence electrons. The third-order valence-electron chi connectivity index (χ3n) is 3.87. The van der Waals surface area contributed by atoms with Crippen LogP contribution in [0.2, 0.25) is 0 Å². The molecule has 0 saturated carbocycles. The summed E-state index contributed by atoms with van der Waals surface area (Å²) in [5.74, 6) is 0.868. The fourth-order valence-corrected chi connectivity index (χ4v) is 2.55. The molecule has 1 aliphatic rings. The molecule has 0 saturated heterocycles. The first-order chi connectivity index (χ1) is 11.8. The number of para-hydroxylation sites is 1. The molecule has 1 heterocycles. The van der Waals surface area contributed by atoms with Crippen molar-refractivity contribution in [3.05, 3.63) is 60.3 Å². The van der Waals surface area contributed by atoms with E-state index in [1.165, 1.54) is 0 Å². The zero-order valence-electron chi connectivity index (χ0n) is 13.1. The summed E-state index contributed by atoms with van der Waals surface area (Å²) < 4.78 is 5.62. The van der Waals surface area contributed by atoms with Crippen molar-refractivity contribution in [3.8, 4) is 17.7 Å². The van der Waals surface area contributed by atoms with Gasteiger partial charge in [-0.1, -0.05) is 24.3 Å². The van der Waals surface area contributed by atoms with Crippen LogP contribution >= 0.6 is 0 Å². The zero-order valence-corrected chi connectivity index (χ0v) is 13.1. The number of aromatic nitrogens is 1. The average Bonchev–Trinajstić information content (AvgIpc) is 2.64. The van der Waals surface area contributed by atoms with Crippen LogP contribution in [0.15, 0.2) is 54.7 Å². The first-order valence-electron chi connectivity index (χ1n) is 7.85. The number of hydrogen-bond donors (Lipinski definition) is 1. The van der Waals surface area contributed by atoms with Gasteiger partial charge in [-0.05, 0) is 37.5 Å². The number of nitrogens with zero attached hydrogens (tertiary/aromatic N) is 2. The number of ether oxygens (including phenoxy) is 1. The van der Waals surface area contributed by atoms with Crippen LogP contribution < -0.4 is 10.1 Å². The molecule has 1 aromatic carbocycles. The molecule has 1 amide bonds. The van der Waals surface area contributed by atoms with E-state index in [4.69, 9.17) is 10.00 Å². The highest BCUT2D eigenvalue weighted by Gasteiger charge is 2.18. The molecule has 0 fully saturated rings. The number of allylic oxidation sites excluding steroid dienone is 2. The molecule has 0 radical (unpaired) electrons. The highest BCUT2D eigenvalue weighted by atomic mass is 16.5. The Balaban J connectivity index is 1.64. The maximum Gasteiger partial charge on any atom is 0.227 e. The van der Waals surface area contributed by atoms with Gasteiger partial charge in [0, 0.05) is 12.0 Å². The molecule has 5 heteroatoms. The fourth-order valence-electron chi connectivity index (χ4n) is 2.55. The van der Waals surface area contributed by atoms with Gasteiger partial charge in [-0.25, -0.2) is 4.98 Å². The van der Waals surface area contributed by atoms with Crippen LogP contribution in [0.3, 0.4) is 0 Å². The van der Waals surface area contributed by atoms with E-state index in [1.807, 2.05) is 0 Å². The molecule has 1 unspecified atom stereocenters. The largest absolute Gasteiger partial charge is 0.438 e. The predicted molar refractivity (Wildman–Crippen MR) is 90.6 cm³/mol. The average molecular weight is 319 g/mol. The molecule has 1 aliphatic carbocycles. The molecular weight excluding hydrogens is 302 g/mol. The topological polar surface area (TPSA) is 75.0 Å². The van der Waals surface area contributed by atoms with Gasteiger partial charge in [-0.2, -0.15) is 5.26 Å². The Labute approximate surface area is 140 Å². The Hall–Kier alpha value is -3.13. The number of nitriles is 1. The number of carbonyl (C=O) groups excluding carboxylic acids is 1. The summed E-state index contributed by atoms with van der Waals surface area (Å²) in [6.45, 7) is 0. The molecule has 1 N–H and O–H groups in total. The number of hydrogen-bond acceptors (Lipinski definition) is 4. The monoisotopic (exact) mass is 319 g/mol. The summed E-state index contributed by atoms with van der Waals surface area (Å²) in [6, 6.07) is 12.5. The zero-order chi connectivity index (χ0) is 16.8. The van der Waals surface area contributed by atoms with Crippen molar-refractivity contribution in [2.24, 2.45) is 5.92 Å². The van der Waals surface area contributed by atoms with Crippen LogP contribution in [0.5, 0.6) is 11.6 Å². The maximum absolute atomic E-state index is 12.2. The van der Waals surface area contributed by atoms with E-state index in [9.17, 15) is 4.79 Å². The van der Waals surface area contributed by atoms with Crippen LogP contribution in [-0.4, -0.2) is 10.9 Å². The molecule has 0 aliphatic heterocycles. The smallest absolute Gasteiger partial charge is 0.227 e. The van der Waals surface area contributed by atoms with E-state index in [0.717, 1.165) is 19.3 Å². The summed E-state index contributed by atoms with van der Waals surface area (Å²) in [5, 5.41) is 11.9. The molecule has 2 aromatic rings. The van der Waals surface area contributed by atoms with Gasteiger partial charge in [0.25, 0.3) is 0 Å². The maximum atomic E-state index is 12.2. The second-order valence-corrected chi connectivity index (χ2v) is 5.57. The van der Waals surface area contributed by atoms with Gasteiger partial charge in [0.15, 0.2) is 0 Å². The van der Waals surface area contributed by atoms with Crippen LogP contribution in [-0.2, 0) is 4.79 Å². The highest BCUT2D eigenvalue weighted by Crippen LogP contribution is 2.24. The molecule has 0 spiro atoms. The van der Waals surface area contributed by atoms with Crippen molar-refractivity contribution in [2.45, 2.75) is 19.3 Å². The second-order valence-electron chi connectivity index (χ2n) is 5.57. The number of rotatable bonds is 4. The number of benzene rings is 1. The summed E-state index contributed by atoms with van der Waals surface area (Å²) >= 11 is 0. The minimum absolute atomic E-state index is 0.0182. The Bertz CT molecular complexity index is 791.